The molecule has 1 fully saturated rings. The van der Waals surface area contributed by atoms with E-state index >= 15 is 0 Å². The molecular weight excluding hydrogens is 450 g/mol. The number of benzene rings is 3. The molecule has 1 N–H and O–H groups in total. The first kappa shape index (κ1) is 21.7. The van der Waals surface area contributed by atoms with Crippen LogP contribution in [-0.4, -0.2) is 34.8 Å². The molecule has 0 bridgehead atoms. The van der Waals surface area contributed by atoms with Crippen LogP contribution in [0.2, 0.25) is 0 Å². The van der Waals surface area contributed by atoms with Crippen LogP contribution in [0.4, 0.5) is 5.69 Å². The Morgan fingerprint density at radius 3 is 2.33 bits per heavy atom. The average molecular weight is 474 g/mol. The van der Waals surface area contributed by atoms with E-state index < -0.39 is 0 Å². The summed E-state index contributed by atoms with van der Waals surface area (Å²) in [5, 5.41) is 2.91. The third-order valence-electron chi connectivity index (χ3n) is 5.64. The number of anilines is 1. The third-order valence-corrected chi connectivity index (χ3v) is 7.89. The highest BCUT2D eigenvalue weighted by Gasteiger charge is 2.19. The number of hydrogen-bond acceptors (Lipinski definition) is 5. The summed E-state index contributed by atoms with van der Waals surface area (Å²) in [7, 11) is 0. The highest BCUT2D eigenvalue weighted by Crippen LogP contribution is 2.31. The lowest BCUT2D eigenvalue weighted by molar-refractivity contribution is 0.0792. The molecule has 1 aliphatic heterocycles. The summed E-state index contributed by atoms with van der Waals surface area (Å²) in [6.07, 6.45) is 2.14. The van der Waals surface area contributed by atoms with Gasteiger partial charge in [-0.25, -0.2) is 4.98 Å². The van der Waals surface area contributed by atoms with Crippen LogP contribution in [0.1, 0.15) is 39.1 Å². The minimum absolute atomic E-state index is 0.0599. The SMILES string of the molecule is O=C(Nc1ccc(C(=O)N2CCCC2)cc1)c1ccc(CSc2nc3ccccc3s2)cc1. The molecule has 0 radical (unpaired) electrons. The number of nitrogens with one attached hydrogen (secondary N) is 1. The Morgan fingerprint density at radius 2 is 1.61 bits per heavy atom. The molecule has 2 heterocycles. The van der Waals surface area contributed by atoms with Gasteiger partial charge < -0.3 is 10.2 Å². The second-order valence-electron chi connectivity index (χ2n) is 7.96. The Hall–Kier alpha value is -3.16. The van der Waals surface area contributed by atoms with E-state index in [4.69, 9.17) is 0 Å². The van der Waals surface area contributed by atoms with Crippen molar-refractivity contribution in [2.45, 2.75) is 22.9 Å². The Labute approximate surface area is 200 Å². The van der Waals surface area contributed by atoms with Crippen LogP contribution in [0, 0.1) is 0 Å². The van der Waals surface area contributed by atoms with Gasteiger partial charge in [0, 0.05) is 35.7 Å². The molecule has 0 atom stereocenters. The number of thiazole rings is 1. The van der Waals surface area contributed by atoms with Gasteiger partial charge in [-0.05, 0) is 66.9 Å². The van der Waals surface area contributed by atoms with Gasteiger partial charge in [0.1, 0.15) is 0 Å². The number of rotatable bonds is 6. The van der Waals surface area contributed by atoms with Gasteiger partial charge in [0.25, 0.3) is 11.8 Å². The Balaban J connectivity index is 1.16. The van der Waals surface area contributed by atoms with Crippen molar-refractivity contribution in [3.05, 3.63) is 89.5 Å². The van der Waals surface area contributed by atoms with E-state index in [0.717, 1.165) is 47.1 Å². The summed E-state index contributed by atoms with van der Waals surface area (Å²) in [5.74, 6) is 0.692. The van der Waals surface area contributed by atoms with E-state index in [1.807, 2.05) is 47.4 Å². The van der Waals surface area contributed by atoms with Crippen LogP contribution in [0.5, 0.6) is 0 Å². The standard InChI is InChI=1S/C26H23N3O2S2/c30-24(27-21-13-11-20(12-14-21)25(31)29-15-3-4-16-29)19-9-7-18(8-10-19)17-32-26-28-22-5-1-2-6-23(22)33-26/h1-2,5-14H,3-4,15-17H2,(H,27,30). The van der Waals surface area contributed by atoms with Crippen molar-refractivity contribution in [1.29, 1.82) is 0 Å². The summed E-state index contributed by atoms with van der Waals surface area (Å²) in [6, 6.07) is 22.9. The number of aromatic nitrogens is 1. The first-order chi connectivity index (χ1) is 16.2. The Kier molecular flexibility index (Phi) is 6.41. The first-order valence-corrected chi connectivity index (χ1v) is 12.7. The van der Waals surface area contributed by atoms with Crippen LogP contribution in [-0.2, 0) is 5.75 Å². The zero-order valence-electron chi connectivity index (χ0n) is 18.0. The first-order valence-electron chi connectivity index (χ1n) is 10.9. The molecule has 1 saturated heterocycles. The molecule has 0 unspecified atom stereocenters. The molecule has 1 aromatic heterocycles. The third kappa shape index (κ3) is 5.10. The molecule has 0 spiro atoms. The minimum Gasteiger partial charge on any atom is -0.339 e. The number of hydrogen-bond donors (Lipinski definition) is 1. The maximum absolute atomic E-state index is 12.6. The van der Waals surface area contributed by atoms with E-state index in [1.54, 1.807) is 47.4 Å². The van der Waals surface area contributed by atoms with Gasteiger partial charge in [0.15, 0.2) is 4.34 Å². The molecule has 5 rings (SSSR count). The van der Waals surface area contributed by atoms with E-state index in [0.29, 0.717) is 16.8 Å². The molecular formula is C26H23N3O2S2. The minimum atomic E-state index is -0.168. The number of carbonyl (C=O) groups excluding carboxylic acids is 2. The van der Waals surface area contributed by atoms with Crippen molar-refractivity contribution >= 4 is 50.8 Å². The zero-order valence-corrected chi connectivity index (χ0v) is 19.6. The molecule has 3 aromatic carbocycles. The number of nitrogens with zero attached hydrogens (tertiary/aromatic N) is 2. The summed E-state index contributed by atoms with van der Waals surface area (Å²) >= 11 is 3.40. The molecule has 5 nitrogen and oxygen atoms in total. The summed E-state index contributed by atoms with van der Waals surface area (Å²) in [6.45, 7) is 1.65. The largest absolute Gasteiger partial charge is 0.339 e. The molecule has 0 saturated carbocycles. The average Bonchev–Trinajstić information content (AvgIpc) is 3.53. The molecule has 2 amide bonds. The lowest BCUT2D eigenvalue weighted by Crippen LogP contribution is -2.27. The lowest BCUT2D eigenvalue weighted by Gasteiger charge is -2.15. The Bertz CT molecular complexity index is 1240. The van der Waals surface area contributed by atoms with Crippen molar-refractivity contribution in [1.82, 2.24) is 9.88 Å². The van der Waals surface area contributed by atoms with Gasteiger partial charge in [-0.2, -0.15) is 0 Å². The summed E-state index contributed by atoms with van der Waals surface area (Å²) in [4.78, 5) is 31.6. The van der Waals surface area contributed by atoms with Crippen molar-refractivity contribution < 1.29 is 9.59 Å². The molecule has 0 aliphatic carbocycles. The van der Waals surface area contributed by atoms with Crippen molar-refractivity contribution in [2.24, 2.45) is 0 Å². The number of thioether (sulfide) groups is 1. The van der Waals surface area contributed by atoms with Crippen molar-refractivity contribution in [3.8, 4) is 0 Å². The quantitative estimate of drug-likeness (QED) is 0.345. The van der Waals surface area contributed by atoms with Crippen molar-refractivity contribution in [3.63, 3.8) is 0 Å². The monoisotopic (exact) mass is 473 g/mol. The maximum Gasteiger partial charge on any atom is 0.255 e. The maximum atomic E-state index is 12.6. The number of amides is 2. The summed E-state index contributed by atoms with van der Waals surface area (Å²) < 4.78 is 2.24. The zero-order chi connectivity index (χ0) is 22.6. The number of fused-ring (bicyclic) bond motifs is 1. The number of para-hydroxylation sites is 1. The molecule has 166 valence electrons. The molecule has 33 heavy (non-hydrogen) atoms. The number of carbonyl (C=O) groups is 2. The van der Waals surface area contributed by atoms with Crippen LogP contribution in [0.15, 0.2) is 77.1 Å². The van der Waals surface area contributed by atoms with E-state index in [1.165, 1.54) is 4.70 Å². The van der Waals surface area contributed by atoms with Gasteiger partial charge in [-0.1, -0.05) is 36.0 Å². The van der Waals surface area contributed by atoms with Crippen LogP contribution in [0.3, 0.4) is 0 Å². The highest BCUT2D eigenvalue weighted by molar-refractivity contribution is 8.00. The molecule has 1 aliphatic rings. The van der Waals surface area contributed by atoms with Gasteiger partial charge in [-0.3, -0.25) is 9.59 Å². The predicted octanol–water partition coefficient (Wildman–Crippen LogP) is 6.08. The fourth-order valence-electron chi connectivity index (χ4n) is 3.81. The van der Waals surface area contributed by atoms with E-state index in [9.17, 15) is 9.59 Å². The fourth-order valence-corrected chi connectivity index (χ4v) is 5.84. The second kappa shape index (κ2) is 9.77. The highest BCUT2D eigenvalue weighted by atomic mass is 32.2. The predicted molar refractivity (Wildman–Crippen MR) is 135 cm³/mol. The van der Waals surface area contributed by atoms with Gasteiger partial charge >= 0.3 is 0 Å². The van der Waals surface area contributed by atoms with Gasteiger partial charge in [0.2, 0.25) is 0 Å². The smallest absolute Gasteiger partial charge is 0.255 e. The fraction of sp³-hybridized carbons (Fsp3) is 0.192. The lowest BCUT2D eigenvalue weighted by atomic mass is 10.1. The van der Waals surface area contributed by atoms with Crippen molar-refractivity contribution in [2.75, 3.05) is 18.4 Å². The Morgan fingerprint density at radius 1 is 0.909 bits per heavy atom. The number of likely N-dealkylation sites (tertiary alicyclic amines) is 1. The van der Waals surface area contributed by atoms with Gasteiger partial charge in [-0.15, -0.1) is 11.3 Å². The van der Waals surface area contributed by atoms with E-state index in [2.05, 4.69) is 16.4 Å². The van der Waals surface area contributed by atoms with Crippen LogP contribution in [0.25, 0.3) is 10.2 Å². The summed E-state index contributed by atoms with van der Waals surface area (Å²) in [5.41, 5.74) is 4.10. The van der Waals surface area contributed by atoms with Gasteiger partial charge in [0.05, 0.1) is 10.2 Å². The topological polar surface area (TPSA) is 62.3 Å². The molecule has 4 aromatic rings. The normalized spacial score (nSPS) is 13.4. The second-order valence-corrected chi connectivity index (χ2v) is 10.2. The van der Waals surface area contributed by atoms with Crippen LogP contribution >= 0.6 is 23.1 Å². The van der Waals surface area contributed by atoms with E-state index in [-0.39, 0.29) is 11.8 Å². The molecule has 7 heteroatoms. The van der Waals surface area contributed by atoms with Crippen LogP contribution < -0.4 is 5.32 Å².